The first-order valence-electron chi connectivity index (χ1n) is 6.12. The minimum absolute atomic E-state index is 0.0967. The van der Waals surface area contributed by atoms with E-state index in [-0.39, 0.29) is 11.4 Å². The summed E-state index contributed by atoms with van der Waals surface area (Å²) >= 11 is 0. The Morgan fingerprint density at radius 2 is 2.10 bits per heavy atom. The monoisotopic (exact) mass is 285 g/mol. The number of nitrogens with zero attached hydrogens (tertiary/aromatic N) is 2. The highest BCUT2D eigenvalue weighted by Gasteiger charge is 2.15. The molecular formula is C14H11N3O4. The molecule has 21 heavy (non-hydrogen) atoms. The van der Waals surface area contributed by atoms with Gasteiger partial charge in [-0.05, 0) is 18.2 Å². The summed E-state index contributed by atoms with van der Waals surface area (Å²) in [5.41, 5.74) is 1.88. The number of nitrogens with one attached hydrogen (secondary N) is 1. The Morgan fingerprint density at radius 3 is 2.81 bits per heavy atom. The molecule has 0 saturated carbocycles. The summed E-state index contributed by atoms with van der Waals surface area (Å²) in [6.07, 6.45) is 0. The van der Waals surface area contributed by atoms with E-state index in [1.807, 2.05) is 24.3 Å². The van der Waals surface area contributed by atoms with Gasteiger partial charge in [-0.2, -0.15) is 4.98 Å². The number of para-hydroxylation sites is 2. The summed E-state index contributed by atoms with van der Waals surface area (Å²) in [5, 5.41) is 13.8. The van der Waals surface area contributed by atoms with Crippen molar-refractivity contribution in [3.8, 4) is 5.75 Å². The van der Waals surface area contributed by atoms with Crippen molar-refractivity contribution in [2.45, 2.75) is 0 Å². The maximum atomic E-state index is 10.8. The van der Waals surface area contributed by atoms with E-state index in [0.29, 0.717) is 17.3 Å². The number of rotatable bonds is 4. The smallest absolute Gasteiger partial charge is 0.311 e. The van der Waals surface area contributed by atoms with Crippen LogP contribution in [0.1, 0.15) is 0 Å². The van der Waals surface area contributed by atoms with Gasteiger partial charge >= 0.3 is 5.69 Å². The van der Waals surface area contributed by atoms with E-state index < -0.39 is 4.92 Å². The summed E-state index contributed by atoms with van der Waals surface area (Å²) in [6, 6.07) is 12.1. The van der Waals surface area contributed by atoms with Crippen molar-refractivity contribution < 1.29 is 14.1 Å². The average molecular weight is 285 g/mol. The van der Waals surface area contributed by atoms with Gasteiger partial charge in [0.2, 0.25) is 0 Å². The van der Waals surface area contributed by atoms with E-state index in [9.17, 15) is 10.1 Å². The van der Waals surface area contributed by atoms with E-state index in [1.165, 1.54) is 19.2 Å². The zero-order valence-electron chi connectivity index (χ0n) is 11.1. The summed E-state index contributed by atoms with van der Waals surface area (Å²) in [4.78, 5) is 14.6. The van der Waals surface area contributed by atoms with Crippen LogP contribution in [0.25, 0.3) is 11.1 Å². The largest absolute Gasteiger partial charge is 0.490 e. The minimum atomic E-state index is -0.498. The van der Waals surface area contributed by atoms with Gasteiger partial charge in [0.25, 0.3) is 6.01 Å². The Bertz CT molecular complexity index is 780. The molecule has 1 N–H and O–H groups in total. The van der Waals surface area contributed by atoms with E-state index in [2.05, 4.69) is 10.3 Å². The van der Waals surface area contributed by atoms with Crippen LogP contribution in [0, 0.1) is 10.1 Å². The Labute approximate surface area is 119 Å². The summed E-state index contributed by atoms with van der Waals surface area (Å²) < 4.78 is 10.5. The Morgan fingerprint density at radius 1 is 1.29 bits per heavy atom. The van der Waals surface area contributed by atoms with Crippen LogP contribution in [0.2, 0.25) is 0 Å². The molecule has 0 saturated heterocycles. The standard InChI is InChI=1S/C14H11N3O4/c1-20-13-8-9(6-7-11(13)17(18)19)15-14-16-10-4-2-3-5-12(10)21-14/h2-8H,1H3,(H,15,16). The molecule has 1 heterocycles. The fourth-order valence-electron chi connectivity index (χ4n) is 1.96. The zero-order chi connectivity index (χ0) is 14.8. The van der Waals surface area contributed by atoms with Crippen LogP contribution < -0.4 is 10.1 Å². The molecule has 0 fully saturated rings. The van der Waals surface area contributed by atoms with Crippen molar-refractivity contribution in [2.75, 3.05) is 12.4 Å². The summed E-state index contributed by atoms with van der Waals surface area (Å²) in [6.45, 7) is 0. The molecule has 7 nitrogen and oxygen atoms in total. The van der Waals surface area contributed by atoms with Crippen LogP contribution in [0.15, 0.2) is 46.9 Å². The number of methoxy groups -OCH3 is 1. The molecule has 0 bridgehead atoms. The van der Waals surface area contributed by atoms with Gasteiger partial charge in [-0.25, -0.2) is 0 Å². The third-order valence-electron chi connectivity index (χ3n) is 2.92. The van der Waals surface area contributed by atoms with E-state index in [1.54, 1.807) is 6.07 Å². The van der Waals surface area contributed by atoms with Crippen molar-refractivity contribution in [1.82, 2.24) is 4.98 Å². The molecule has 0 aliphatic carbocycles. The Hall–Kier alpha value is -3.09. The molecule has 3 rings (SSSR count). The lowest BCUT2D eigenvalue weighted by Crippen LogP contribution is -1.96. The first kappa shape index (κ1) is 12.9. The van der Waals surface area contributed by atoms with Crippen molar-refractivity contribution in [3.05, 3.63) is 52.6 Å². The molecule has 0 aliphatic heterocycles. The first-order valence-corrected chi connectivity index (χ1v) is 6.12. The number of aromatic nitrogens is 1. The second kappa shape index (κ2) is 5.12. The highest BCUT2D eigenvalue weighted by Crippen LogP contribution is 2.31. The molecule has 0 radical (unpaired) electrons. The van der Waals surface area contributed by atoms with Gasteiger partial charge in [-0.1, -0.05) is 12.1 Å². The van der Waals surface area contributed by atoms with Crippen LogP contribution >= 0.6 is 0 Å². The Kier molecular flexibility index (Phi) is 3.15. The average Bonchev–Trinajstić information content (AvgIpc) is 2.88. The van der Waals surface area contributed by atoms with Crippen molar-refractivity contribution in [3.63, 3.8) is 0 Å². The van der Waals surface area contributed by atoms with Crippen LogP contribution in [-0.2, 0) is 0 Å². The van der Waals surface area contributed by atoms with Crippen LogP contribution in [0.3, 0.4) is 0 Å². The van der Waals surface area contributed by atoms with Gasteiger partial charge < -0.3 is 14.5 Å². The van der Waals surface area contributed by atoms with E-state index in [0.717, 1.165) is 5.52 Å². The van der Waals surface area contributed by atoms with Gasteiger partial charge in [0.05, 0.1) is 12.0 Å². The van der Waals surface area contributed by atoms with Crippen molar-refractivity contribution in [1.29, 1.82) is 0 Å². The molecule has 0 aliphatic rings. The van der Waals surface area contributed by atoms with Crippen molar-refractivity contribution >= 4 is 28.5 Å². The molecule has 7 heteroatoms. The maximum Gasteiger partial charge on any atom is 0.311 e. The number of oxazole rings is 1. The Balaban J connectivity index is 1.92. The molecule has 3 aromatic rings. The highest BCUT2D eigenvalue weighted by molar-refractivity contribution is 5.75. The SMILES string of the molecule is COc1cc(Nc2nc3ccccc3o2)ccc1[N+](=O)[O-]. The quantitative estimate of drug-likeness (QED) is 0.583. The van der Waals surface area contributed by atoms with Crippen LogP contribution in [0.5, 0.6) is 5.75 Å². The fraction of sp³-hybridized carbons (Fsp3) is 0.0714. The van der Waals surface area contributed by atoms with E-state index >= 15 is 0 Å². The number of fused-ring (bicyclic) bond motifs is 1. The second-order valence-electron chi connectivity index (χ2n) is 4.26. The van der Waals surface area contributed by atoms with Gasteiger partial charge in [0, 0.05) is 17.8 Å². The molecule has 0 atom stereocenters. The molecule has 1 aromatic heterocycles. The molecule has 0 spiro atoms. The molecular weight excluding hydrogens is 274 g/mol. The maximum absolute atomic E-state index is 10.8. The lowest BCUT2D eigenvalue weighted by atomic mass is 10.2. The van der Waals surface area contributed by atoms with Crippen molar-refractivity contribution in [2.24, 2.45) is 0 Å². The molecule has 2 aromatic carbocycles. The first-order chi connectivity index (χ1) is 10.2. The number of hydrogen-bond acceptors (Lipinski definition) is 6. The van der Waals surface area contributed by atoms with Gasteiger partial charge in [0.15, 0.2) is 11.3 Å². The molecule has 0 amide bonds. The van der Waals surface area contributed by atoms with E-state index in [4.69, 9.17) is 9.15 Å². The highest BCUT2D eigenvalue weighted by atomic mass is 16.6. The predicted molar refractivity (Wildman–Crippen MR) is 76.9 cm³/mol. The third kappa shape index (κ3) is 2.48. The summed E-state index contributed by atoms with van der Waals surface area (Å²) in [5.74, 6) is 0.168. The second-order valence-corrected chi connectivity index (χ2v) is 4.26. The lowest BCUT2D eigenvalue weighted by molar-refractivity contribution is -0.385. The molecule has 106 valence electrons. The van der Waals surface area contributed by atoms with Gasteiger partial charge in [-0.3, -0.25) is 10.1 Å². The van der Waals surface area contributed by atoms with Crippen LogP contribution in [-0.4, -0.2) is 17.0 Å². The lowest BCUT2D eigenvalue weighted by Gasteiger charge is -2.05. The van der Waals surface area contributed by atoms with Crippen LogP contribution in [0.4, 0.5) is 17.4 Å². The number of benzene rings is 2. The number of ether oxygens (including phenoxy) is 1. The number of anilines is 2. The normalized spacial score (nSPS) is 10.5. The topological polar surface area (TPSA) is 90.4 Å². The van der Waals surface area contributed by atoms with Gasteiger partial charge in [-0.15, -0.1) is 0 Å². The number of nitro benzene ring substituents is 1. The third-order valence-corrected chi connectivity index (χ3v) is 2.92. The number of nitro groups is 1. The molecule has 0 unspecified atom stereocenters. The summed E-state index contributed by atoms with van der Waals surface area (Å²) in [7, 11) is 1.38. The predicted octanol–water partition coefficient (Wildman–Crippen LogP) is 3.49. The zero-order valence-corrected chi connectivity index (χ0v) is 11.1. The van der Waals surface area contributed by atoms with Gasteiger partial charge in [0.1, 0.15) is 5.52 Å². The number of hydrogen-bond donors (Lipinski definition) is 1. The fourth-order valence-corrected chi connectivity index (χ4v) is 1.96. The minimum Gasteiger partial charge on any atom is -0.490 e.